The number of hydrogen-bond acceptors (Lipinski definition) is 5. The van der Waals surface area contributed by atoms with Crippen LogP contribution >= 0.6 is 0 Å². The van der Waals surface area contributed by atoms with Crippen molar-refractivity contribution < 1.29 is 4.39 Å². The van der Waals surface area contributed by atoms with Gasteiger partial charge in [-0.15, -0.1) is 0 Å². The van der Waals surface area contributed by atoms with Crippen LogP contribution in [-0.2, 0) is 25.7 Å². The number of rotatable bonds is 6. The minimum Gasteiger partial charge on any atom is -0.398 e. The highest BCUT2D eigenvalue weighted by Gasteiger charge is 2.44. The van der Waals surface area contributed by atoms with Crippen molar-refractivity contribution in [3.05, 3.63) is 52.1 Å². The Balaban J connectivity index is 0.000000257. The van der Waals surface area contributed by atoms with Crippen LogP contribution in [-0.4, -0.2) is 39.7 Å². The van der Waals surface area contributed by atoms with E-state index in [9.17, 15) is 9.65 Å². The molecule has 1 aromatic heterocycles. The van der Waals surface area contributed by atoms with Gasteiger partial charge in [0.1, 0.15) is 18.1 Å². The molecule has 3 fully saturated rings. The lowest BCUT2D eigenvalue weighted by molar-refractivity contribution is 0.217. The summed E-state index contributed by atoms with van der Waals surface area (Å²) in [4.78, 5) is 12.2. The molecule has 0 radical (unpaired) electrons. The standard InChI is InChI=1S/C25H32N4.C8H14FN.C3H8/c1-3-23-28-22-15-25(2,13-11-20(22)24(29-23)18-7-4-8-18)12-5-6-17-9-10-21(27)19(14-17)16-26;1-8-3-2-4-10(8)6-7(9)5-8;1-3-2/h9-10,14,18H,3-8,11-13,15,27H2,1-2H3;7H,2-6H2,1H3;3H2,1-2H3. The van der Waals surface area contributed by atoms with Crippen LogP contribution in [0.4, 0.5) is 10.1 Å². The van der Waals surface area contributed by atoms with Gasteiger partial charge in [0, 0.05) is 35.8 Å². The van der Waals surface area contributed by atoms with Crippen molar-refractivity contribution in [1.29, 1.82) is 5.26 Å². The molecular formula is C36H54FN5. The fraction of sp³-hybridized carbons (Fsp3) is 0.694. The van der Waals surface area contributed by atoms with E-state index >= 15 is 0 Å². The second-order valence-corrected chi connectivity index (χ2v) is 13.9. The molecule has 3 atom stereocenters. The lowest BCUT2D eigenvalue weighted by atomic mass is 9.69. The number of aryl methyl sites for hydroxylation is 2. The third-order valence-corrected chi connectivity index (χ3v) is 10.0. The molecule has 42 heavy (non-hydrogen) atoms. The zero-order valence-corrected chi connectivity index (χ0v) is 26.9. The predicted molar refractivity (Wildman–Crippen MR) is 171 cm³/mol. The van der Waals surface area contributed by atoms with Crippen molar-refractivity contribution in [2.45, 2.75) is 142 Å². The Labute approximate surface area is 254 Å². The van der Waals surface area contributed by atoms with Crippen molar-refractivity contribution in [3.8, 4) is 6.07 Å². The first-order valence-electron chi connectivity index (χ1n) is 16.7. The number of benzene rings is 1. The minimum atomic E-state index is -0.551. The molecule has 2 aliphatic carbocycles. The number of halogens is 1. The zero-order chi connectivity index (χ0) is 30.3. The SMILES string of the molecule is CC12CCCN1CC(F)C2.CCC.CCc1nc2c(c(C3CCC3)n1)CCC(C)(CCCc1ccc(N)c(C#N)c1)C2. The molecule has 3 unspecified atom stereocenters. The summed E-state index contributed by atoms with van der Waals surface area (Å²) < 4.78 is 12.8. The van der Waals surface area contributed by atoms with Crippen LogP contribution in [0.5, 0.6) is 0 Å². The first-order chi connectivity index (χ1) is 20.1. The van der Waals surface area contributed by atoms with Crippen molar-refractivity contribution in [3.63, 3.8) is 0 Å². The van der Waals surface area contributed by atoms with Crippen molar-refractivity contribution >= 4 is 5.69 Å². The second kappa shape index (κ2) is 14.3. The number of nitrogens with two attached hydrogens (primary N) is 1. The quantitative estimate of drug-likeness (QED) is 0.351. The summed E-state index contributed by atoms with van der Waals surface area (Å²) in [6.45, 7) is 12.8. The van der Waals surface area contributed by atoms with E-state index in [1.807, 2.05) is 12.1 Å². The highest BCUT2D eigenvalue weighted by molar-refractivity contribution is 5.55. The first-order valence-corrected chi connectivity index (χ1v) is 16.7. The third kappa shape index (κ3) is 7.70. The topological polar surface area (TPSA) is 78.8 Å². The number of nitrogen functional groups attached to an aromatic ring is 1. The number of fused-ring (bicyclic) bond motifs is 2. The van der Waals surface area contributed by atoms with Crippen LogP contribution in [0.3, 0.4) is 0 Å². The molecule has 2 aromatic rings. The Bertz CT molecular complexity index is 1230. The molecule has 2 aliphatic heterocycles. The van der Waals surface area contributed by atoms with Crippen molar-refractivity contribution in [1.82, 2.24) is 14.9 Å². The van der Waals surface area contributed by atoms with Gasteiger partial charge in [0.25, 0.3) is 0 Å². The van der Waals surface area contributed by atoms with E-state index in [0.717, 1.165) is 50.9 Å². The minimum absolute atomic E-state index is 0.236. The molecule has 230 valence electrons. The number of nitriles is 1. The van der Waals surface area contributed by atoms with Crippen LogP contribution in [0.2, 0.25) is 0 Å². The number of alkyl halides is 1. The Morgan fingerprint density at radius 1 is 1.12 bits per heavy atom. The van der Waals surface area contributed by atoms with E-state index in [-0.39, 0.29) is 5.54 Å². The molecular weight excluding hydrogens is 521 g/mol. The molecule has 6 heteroatoms. The Kier molecular flexibility index (Phi) is 11.0. The Morgan fingerprint density at radius 2 is 1.88 bits per heavy atom. The van der Waals surface area contributed by atoms with Gasteiger partial charge in [0.15, 0.2) is 0 Å². The first kappa shape index (κ1) is 32.4. The molecule has 4 aliphatic rings. The fourth-order valence-corrected chi connectivity index (χ4v) is 7.31. The van der Waals surface area contributed by atoms with Crippen molar-refractivity contribution in [2.75, 3.05) is 18.8 Å². The maximum absolute atomic E-state index is 12.8. The molecule has 0 bridgehead atoms. The van der Waals surface area contributed by atoms with E-state index in [4.69, 9.17) is 15.7 Å². The normalized spacial score (nSPS) is 26.5. The van der Waals surface area contributed by atoms with Gasteiger partial charge in [0.2, 0.25) is 0 Å². The summed E-state index contributed by atoms with van der Waals surface area (Å²) in [6.07, 6.45) is 15.5. The van der Waals surface area contributed by atoms with Gasteiger partial charge in [-0.3, -0.25) is 4.90 Å². The number of nitrogens with zero attached hydrogens (tertiary/aromatic N) is 4. The van der Waals surface area contributed by atoms with Gasteiger partial charge in [-0.25, -0.2) is 14.4 Å². The molecule has 6 rings (SSSR count). The second-order valence-electron chi connectivity index (χ2n) is 13.9. The highest BCUT2D eigenvalue weighted by Crippen LogP contribution is 2.44. The summed E-state index contributed by atoms with van der Waals surface area (Å²) in [7, 11) is 0. The predicted octanol–water partition coefficient (Wildman–Crippen LogP) is 8.28. The summed E-state index contributed by atoms with van der Waals surface area (Å²) in [5, 5.41) is 9.19. The zero-order valence-electron chi connectivity index (χ0n) is 26.9. The summed E-state index contributed by atoms with van der Waals surface area (Å²) in [5.41, 5.74) is 12.9. The Morgan fingerprint density at radius 3 is 2.52 bits per heavy atom. The summed E-state index contributed by atoms with van der Waals surface area (Å²) >= 11 is 0. The van der Waals surface area contributed by atoms with Gasteiger partial charge < -0.3 is 5.73 Å². The van der Waals surface area contributed by atoms with Crippen LogP contribution < -0.4 is 5.73 Å². The van der Waals surface area contributed by atoms with Gasteiger partial charge in [0.05, 0.1) is 11.3 Å². The Hall–Kier alpha value is -2.52. The maximum atomic E-state index is 12.8. The molecule has 2 N–H and O–H groups in total. The molecule has 1 saturated carbocycles. The number of aromatic nitrogens is 2. The smallest absolute Gasteiger partial charge is 0.128 e. The van der Waals surface area contributed by atoms with Crippen LogP contribution in [0, 0.1) is 16.7 Å². The van der Waals surface area contributed by atoms with Gasteiger partial charge >= 0.3 is 0 Å². The van der Waals surface area contributed by atoms with Gasteiger partial charge in [-0.05, 0) is 113 Å². The lowest BCUT2D eigenvalue weighted by Crippen LogP contribution is -2.34. The monoisotopic (exact) mass is 575 g/mol. The van der Waals surface area contributed by atoms with Crippen molar-refractivity contribution in [2.24, 2.45) is 5.41 Å². The van der Waals surface area contributed by atoms with Gasteiger partial charge in [-0.1, -0.05) is 46.6 Å². The molecule has 0 amide bonds. The molecule has 3 heterocycles. The van der Waals surface area contributed by atoms with E-state index < -0.39 is 6.17 Å². The number of hydrogen-bond donors (Lipinski definition) is 1. The molecule has 5 nitrogen and oxygen atoms in total. The average Bonchev–Trinajstić information content (AvgIpc) is 3.41. The summed E-state index contributed by atoms with van der Waals surface area (Å²) in [5.74, 6) is 1.71. The fourth-order valence-electron chi connectivity index (χ4n) is 7.31. The van der Waals surface area contributed by atoms with E-state index in [0.29, 0.717) is 29.1 Å². The molecule has 2 saturated heterocycles. The largest absolute Gasteiger partial charge is 0.398 e. The molecule has 0 spiro atoms. The van der Waals surface area contributed by atoms with E-state index in [1.54, 1.807) is 0 Å². The highest BCUT2D eigenvalue weighted by atomic mass is 19.1. The van der Waals surface area contributed by atoms with Crippen LogP contribution in [0.15, 0.2) is 18.2 Å². The third-order valence-electron chi connectivity index (χ3n) is 10.0. The average molecular weight is 576 g/mol. The lowest BCUT2D eigenvalue weighted by Gasteiger charge is -2.37. The maximum Gasteiger partial charge on any atom is 0.128 e. The number of anilines is 1. The summed E-state index contributed by atoms with van der Waals surface area (Å²) in [6, 6.07) is 8.05. The van der Waals surface area contributed by atoms with E-state index in [2.05, 4.69) is 51.7 Å². The van der Waals surface area contributed by atoms with Crippen LogP contribution in [0.25, 0.3) is 0 Å². The van der Waals surface area contributed by atoms with Crippen LogP contribution in [0.1, 0.15) is 139 Å². The molecule has 1 aromatic carbocycles. The van der Waals surface area contributed by atoms with Gasteiger partial charge in [-0.2, -0.15) is 5.26 Å². The van der Waals surface area contributed by atoms with E-state index in [1.165, 1.54) is 73.9 Å².